The summed E-state index contributed by atoms with van der Waals surface area (Å²) in [7, 11) is 0. The van der Waals surface area contributed by atoms with Crippen molar-refractivity contribution in [2.24, 2.45) is 0 Å². The van der Waals surface area contributed by atoms with Gasteiger partial charge in [0.25, 0.3) is 5.91 Å². The van der Waals surface area contributed by atoms with Crippen molar-refractivity contribution >= 4 is 41.0 Å². The number of rotatable bonds is 10. The second-order valence-corrected chi connectivity index (χ2v) is 11.1. The van der Waals surface area contributed by atoms with Gasteiger partial charge in [0.05, 0.1) is 17.7 Å². The van der Waals surface area contributed by atoms with E-state index in [1.165, 1.54) is 6.92 Å². The molecular weight excluding hydrogens is 577 g/mol. The topological polar surface area (TPSA) is 120 Å². The van der Waals surface area contributed by atoms with Gasteiger partial charge in [-0.15, -0.1) is 0 Å². The van der Waals surface area contributed by atoms with E-state index in [9.17, 15) is 24.8 Å². The summed E-state index contributed by atoms with van der Waals surface area (Å²) in [6, 6.07) is 20.2. The van der Waals surface area contributed by atoms with Crippen molar-refractivity contribution in [3.05, 3.63) is 105 Å². The monoisotopic (exact) mass is 607 g/mol. The van der Waals surface area contributed by atoms with E-state index < -0.39 is 48.1 Å². The van der Waals surface area contributed by atoms with Crippen molar-refractivity contribution in [1.29, 1.82) is 5.26 Å². The smallest absolute Gasteiger partial charge is 0.325 e. The minimum atomic E-state index is -1.18. The third kappa shape index (κ3) is 7.11. The Balaban J connectivity index is 1.85. The Morgan fingerprint density at radius 1 is 1.00 bits per heavy atom. The highest BCUT2D eigenvalue weighted by atomic mass is 35.5. The van der Waals surface area contributed by atoms with Crippen LogP contribution in [0.1, 0.15) is 61.1 Å². The Bertz CT molecular complexity index is 1460. The number of benzene rings is 3. The van der Waals surface area contributed by atoms with Crippen molar-refractivity contribution in [1.82, 2.24) is 10.2 Å². The van der Waals surface area contributed by atoms with Gasteiger partial charge in [0, 0.05) is 16.5 Å². The average molecular weight is 609 g/mol. The van der Waals surface area contributed by atoms with Crippen LogP contribution >= 0.6 is 23.2 Å². The number of aliphatic carboxylic acids is 1. The van der Waals surface area contributed by atoms with Crippen LogP contribution in [-0.4, -0.2) is 46.0 Å². The van der Waals surface area contributed by atoms with Gasteiger partial charge >= 0.3 is 5.97 Å². The van der Waals surface area contributed by atoms with Crippen LogP contribution in [0.15, 0.2) is 72.8 Å². The van der Waals surface area contributed by atoms with Crippen LogP contribution in [0.25, 0.3) is 0 Å². The number of morpholine rings is 1. The first-order chi connectivity index (χ1) is 20.1. The van der Waals surface area contributed by atoms with Gasteiger partial charge in [-0.2, -0.15) is 5.26 Å². The van der Waals surface area contributed by atoms with Crippen LogP contribution < -0.4 is 5.32 Å². The molecule has 3 aromatic carbocycles. The lowest BCUT2D eigenvalue weighted by Crippen LogP contribution is -2.60. The van der Waals surface area contributed by atoms with E-state index in [-0.39, 0.29) is 6.42 Å². The van der Waals surface area contributed by atoms with E-state index in [1.54, 1.807) is 65.6 Å². The summed E-state index contributed by atoms with van der Waals surface area (Å²) in [5.41, 5.74) is 2.72. The number of hydrogen-bond donors (Lipinski definition) is 2. The van der Waals surface area contributed by atoms with Gasteiger partial charge in [0.2, 0.25) is 5.91 Å². The van der Waals surface area contributed by atoms with E-state index in [0.29, 0.717) is 34.0 Å². The third-order valence-electron chi connectivity index (χ3n) is 7.27. The number of nitriles is 1. The number of ether oxygens (including phenoxy) is 1. The maximum absolute atomic E-state index is 14.4. The largest absolute Gasteiger partial charge is 0.480 e. The number of amides is 2. The molecule has 0 bridgehead atoms. The van der Waals surface area contributed by atoms with Gasteiger partial charge in [0.1, 0.15) is 24.3 Å². The molecule has 4 rings (SSSR count). The van der Waals surface area contributed by atoms with E-state index in [1.807, 2.05) is 19.1 Å². The predicted molar refractivity (Wildman–Crippen MR) is 159 cm³/mol. The lowest BCUT2D eigenvalue weighted by Gasteiger charge is -2.48. The normalized spacial score (nSPS) is 19.9. The van der Waals surface area contributed by atoms with Gasteiger partial charge in [0.15, 0.2) is 0 Å². The SMILES string of the molecule is CCC[C@H](C(=O)N[C@H](C)C(=O)O)N1C(=O)[C@H](Cc2ccc(C#N)cc2)O[C@@H](c2ccc(Cl)cc2)[C@H]1c1ccc(Cl)cc1. The second kappa shape index (κ2) is 13.8. The number of nitrogens with one attached hydrogen (secondary N) is 1. The summed E-state index contributed by atoms with van der Waals surface area (Å²) in [6.07, 6.45) is -0.612. The van der Waals surface area contributed by atoms with Crippen molar-refractivity contribution in [3.8, 4) is 6.07 Å². The van der Waals surface area contributed by atoms with Crippen molar-refractivity contribution in [2.45, 2.75) is 63.4 Å². The maximum atomic E-state index is 14.4. The zero-order valence-electron chi connectivity index (χ0n) is 23.2. The zero-order valence-corrected chi connectivity index (χ0v) is 24.7. The number of carbonyl (C=O) groups is 3. The minimum absolute atomic E-state index is 0.199. The van der Waals surface area contributed by atoms with Crippen molar-refractivity contribution < 1.29 is 24.2 Å². The molecule has 2 amide bonds. The number of hydrogen-bond acceptors (Lipinski definition) is 5. The Hall–Kier alpha value is -3.90. The highest BCUT2D eigenvalue weighted by Crippen LogP contribution is 2.44. The molecule has 218 valence electrons. The van der Waals surface area contributed by atoms with E-state index >= 15 is 0 Å². The summed E-state index contributed by atoms with van der Waals surface area (Å²) in [6.45, 7) is 3.28. The first-order valence-electron chi connectivity index (χ1n) is 13.6. The lowest BCUT2D eigenvalue weighted by molar-refractivity contribution is -0.181. The van der Waals surface area contributed by atoms with Gasteiger partial charge in [-0.05, 0) is 66.4 Å². The lowest BCUT2D eigenvalue weighted by atomic mass is 9.88. The first kappa shape index (κ1) is 31.0. The van der Waals surface area contributed by atoms with E-state index in [4.69, 9.17) is 27.9 Å². The number of carboxylic acid groups (broad SMARTS) is 1. The number of nitrogens with zero attached hydrogens (tertiary/aromatic N) is 2. The van der Waals surface area contributed by atoms with Gasteiger partial charge in [-0.1, -0.05) is 72.9 Å². The molecule has 0 saturated carbocycles. The van der Waals surface area contributed by atoms with E-state index in [0.717, 1.165) is 11.1 Å². The standard InChI is InChI=1S/C32H31Cl2N3O5/c1-3-4-26(30(38)36-19(2)32(40)41)37-28(22-9-13-24(33)14-10-22)29(23-11-15-25(34)16-12-23)42-27(31(37)39)17-20-5-7-21(18-35)8-6-20/h5-16,19,26-29H,3-4,17H2,1-2H3,(H,36,38)(H,40,41)/t19-,26-,27+,28-,29+/m1/s1. The fourth-order valence-electron chi connectivity index (χ4n) is 5.12. The highest BCUT2D eigenvalue weighted by molar-refractivity contribution is 6.30. The molecule has 0 aromatic heterocycles. The van der Waals surface area contributed by atoms with Gasteiger partial charge in [-0.3, -0.25) is 14.4 Å². The summed E-state index contributed by atoms with van der Waals surface area (Å²) in [5.74, 6) is -2.15. The molecule has 2 N–H and O–H groups in total. The predicted octanol–water partition coefficient (Wildman–Crippen LogP) is 5.88. The summed E-state index contributed by atoms with van der Waals surface area (Å²) in [4.78, 5) is 41.2. The summed E-state index contributed by atoms with van der Waals surface area (Å²) in [5, 5.41) is 22.3. The molecule has 0 aliphatic carbocycles. The minimum Gasteiger partial charge on any atom is -0.480 e. The van der Waals surface area contributed by atoms with Crippen LogP contribution in [0.4, 0.5) is 0 Å². The van der Waals surface area contributed by atoms with Crippen LogP contribution in [0.2, 0.25) is 10.0 Å². The molecular formula is C32H31Cl2N3O5. The molecule has 8 nitrogen and oxygen atoms in total. The Morgan fingerprint density at radius 3 is 2.10 bits per heavy atom. The maximum Gasteiger partial charge on any atom is 0.325 e. The van der Waals surface area contributed by atoms with Crippen LogP contribution in [0.5, 0.6) is 0 Å². The molecule has 0 radical (unpaired) electrons. The molecule has 1 aliphatic rings. The molecule has 1 fully saturated rings. The number of carbonyl (C=O) groups excluding carboxylic acids is 2. The first-order valence-corrected chi connectivity index (χ1v) is 14.4. The van der Waals surface area contributed by atoms with Crippen LogP contribution in [-0.2, 0) is 25.5 Å². The molecule has 10 heteroatoms. The van der Waals surface area contributed by atoms with E-state index in [2.05, 4.69) is 11.4 Å². The summed E-state index contributed by atoms with van der Waals surface area (Å²) < 4.78 is 6.58. The third-order valence-corrected chi connectivity index (χ3v) is 7.78. The fraction of sp³-hybridized carbons (Fsp3) is 0.312. The van der Waals surface area contributed by atoms with Crippen molar-refractivity contribution in [2.75, 3.05) is 0 Å². The Labute approximate surface area is 254 Å². The Morgan fingerprint density at radius 2 is 1.57 bits per heavy atom. The molecule has 0 unspecified atom stereocenters. The quantitative estimate of drug-likeness (QED) is 0.297. The molecule has 5 atom stereocenters. The second-order valence-electron chi connectivity index (χ2n) is 10.2. The molecule has 1 saturated heterocycles. The van der Waals surface area contributed by atoms with Crippen LogP contribution in [0.3, 0.4) is 0 Å². The molecule has 0 spiro atoms. The number of halogens is 2. The molecule has 42 heavy (non-hydrogen) atoms. The average Bonchev–Trinajstić information content (AvgIpc) is 2.98. The molecule has 1 aliphatic heterocycles. The van der Waals surface area contributed by atoms with Gasteiger partial charge < -0.3 is 20.1 Å². The molecule has 1 heterocycles. The Kier molecular flexibility index (Phi) is 10.2. The van der Waals surface area contributed by atoms with Crippen molar-refractivity contribution in [3.63, 3.8) is 0 Å². The number of carboxylic acids is 1. The fourth-order valence-corrected chi connectivity index (χ4v) is 5.37. The molecule has 3 aromatic rings. The van der Waals surface area contributed by atoms with Crippen LogP contribution in [0, 0.1) is 11.3 Å². The zero-order chi connectivity index (χ0) is 30.4. The van der Waals surface area contributed by atoms with Gasteiger partial charge in [-0.25, -0.2) is 0 Å². The highest BCUT2D eigenvalue weighted by Gasteiger charge is 2.48. The summed E-state index contributed by atoms with van der Waals surface area (Å²) >= 11 is 12.4.